The van der Waals surface area contributed by atoms with Gasteiger partial charge in [0.05, 0.1) is 9.82 Å². The molecule has 2 N–H and O–H groups in total. The van der Waals surface area contributed by atoms with Crippen LogP contribution in [0.4, 0.5) is 17.1 Å². The summed E-state index contributed by atoms with van der Waals surface area (Å²) in [4.78, 5) is 22.9. The average molecular weight is 411 g/mol. The Morgan fingerprint density at radius 1 is 0.966 bits per heavy atom. The van der Waals surface area contributed by atoms with Crippen molar-refractivity contribution in [3.63, 3.8) is 0 Å². The molecule has 148 valence electrons. The maximum Gasteiger partial charge on any atom is 0.292 e. The summed E-state index contributed by atoms with van der Waals surface area (Å²) in [5.41, 5.74) is 1.20. The molecule has 8 nitrogen and oxygen atoms in total. The van der Waals surface area contributed by atoms with Gasteiger partial charge in [-0.2, -0.15) is 0 Å². The molecule has 0 spiro atoms. The van der Waals surface area contributed by atoms with Gasteiger partial charge in [-0.25, -0.2) is 8.42 Å². The van der Waals surface area contributed by atoms with E-state index in [1.165, 1.54) is 42.5 Å². The zero-order valence-electron chi connectivity index (χ0n) is 15.3. The zero-order chi connectivity index (χ0) is 21.0. The number of nitro groups is 1. The quantitative estimate of drug-likeness (QED) is 0.470. The van der Waals surface area contributed by atoms with Crippen LogP contribution in [0, 0.1) is 17.0 Å². The van der Waals surface area contributed by atoms with E-state index in [0.29, 0.717) is 5.69 Å². The number of carbonyl (C=O) groups excluding carboxylic acids is 1. The van der Waals surface area contributed by atoms with Gasteiger partial charge in [0.2, 0.25) is 0 Å². The summed E-state index contributed by atoms with van der Waals surface area (Å²) in [6.45, 7) is 1.89. The second-order valence-electron chi connectivity index (χ2n) is 6.23. The van der Waals surface area contributed by atoms with Crippen LogP contribution in [-0.4, -0.2) is 19.2 Å². The van der Waals surface area contributed by atoms with Gasteiger partial charge >= 0.3 is 0 Å². The van der Waals surface area contributed by atoms with Crippen molar-refractivity contribution in [2.24, 2.45) is 0 Å². The molecule has 0 radical (unpaired) electrons. The summed E-state index contributed by atoms with van der Waals surface area (Å²) >= 11 is 0. The van der Waals surface area contributed by atoms with Crippen molar-refractivity contribution in [1.29, 1.82) is 0 Å². The summed E-state index contributed by atoms with van der Waals surface area (Å²) in [5, 5.41) is 13.5. The van der Waals surface area contributed by atoms with Gasteiger partial charge in [0.15, 0.2) is 0 Å². The summed E-state index contributed by atoms with van der Waals surface area (Å²) in [7, 11) is -3.91. The third kappa shape index (κ3) is 4.77. The fourth-order valence-electron chi connectivity index (χ4n) is 2.57. The summed E-state index contributed by atoms with van der Waals surface area (Å²) < 4.78 is 27.7. The number of carbonyl (C=O) groups is 1. The van der Waals surface area contributed by atoms with Gasteiger partial charge in [-0.15, -0.1) is 0 Å². The number of amides is 1. The molecule has 0 aromatic heterocycles. The van der Waals surface area contributed by atoms with Gasteiger partial charge in [0, 0.05) is 17.3 Å². The monoisotopic (exact) mass is 411 g/mol. The SMILES string of the molecule is Cc1ccc(NS(=O)(=O)c2cccc(C(=O)Nc3ccccc3[N+](=O)[O-])c2)cc1. The maximum absolute atomic E-state index is 12.6. The van der Waals surface area contributed by atoms with E-state index < -0.39 is 20.9 Å². The molecule has 1 amide bonds. The lowest BCUT2D eigenvalue weighted by Crippen LogP contribution is -2.16. The van der Waals surface area contributed by atoms with Gasteiger partial charge < -0.3 is 5.32 Å². The molecule has 29 heavy (non-hydrogen) atoms. The lowest BCUT2D eigenvalue weighted by Gasteiger charge is -2.10. The molecule has 0 saturated carbocycles. The summed E-state index contributed by atoms with van der Waals surface area (Å²) in [6.07, 6.45) is 0. The van der Waals surface area contributed by atoms with Crippen LogP contribution in [0.1, 0.15) is 15.9 Å². The van der Waals surface area contributed by atoms with E-state index in [4.69, 9.17) is 0 Å². The Kier molecular flexibility index (Phi) is 5.60. The highest BCUT2D eigenvalue weighted by Gasteiger charge is 2.19. The largest absolute Gasteiger partial charge is 0.316 e. The fraction of sp³-hybridized carbons (Fsp3) is 0.0500. The highest BCUT2D eigenvalue weighted by atomic mass is 32.2. The van der Waals surface area contributed by atoms with E-state index in [1.54, 1.807) is 30.3 Å². The van der Waals surface area contributed by atoms with E-state index in [-0.39, 0.29) is 21.8 Å². The first-order valence-corrected chi connectivity index (χ1v) is 9.99. The Labute approximate surface area is 167 Å². The number of benzene rings is 3. The Balaban J connectivity index is 1.84. The molecular weight excluding hydrogens is 394 g/mol. The molecule has 0 aliphatic heterocycles. The minimum absolute atomic E-state index is 0.0218. The van der Waals surface area contributed by atoms with Crippen molar-refractivity contribution in [1.82, 2.24) is 0 Å². The van der Waals surface area contributed by atoms with Crippen LogP contribution >= 0.6 is 0 Å². The fourth-order valence-corrected chi connectivity index (χ4v) is 3.68. The Morgan fingerprint density at radius 2 is 1.66 bits per heavy atom. The molecule has 0 aliphatic carbocycles. The number of nitro benzene ring substituents is 1. The first kappa shape index (κ1) is 20.0. The number of sulfonamides is 1. The molecule has 9 heteroatoms. The van der Waals surface area contributed by atoms with Crippen LogP contribution in [0.2, 0.25) is 0 Å². The van der Waals surface area contributed by atoms with Crippen molar-refractivity contribution in [2.45, 2.75) is 11.8 Å². The van der Waals surface area contributed by atoms with Gasteiger partial charge in [0.25, 0.3) is 21.6 Å². The lowest BCUT2D eigenvalue weighted by atomic mass is 10.2. The third-order valence-electron chi connectivity index (χ3n) is 4.06. The molecule has 0 saturated heterocycles. The predicted molar refractivity (Wildman–Crippen MR) is 109 cm³/mol. The van der Waals surface area contributed by atoms with Crippen LogP contribution < -0.4 is 10.0 Å². The van der Waals surface area contributed by atoms with E-state index in [0.717, 1.165) is 5.56 Å². The maximum atomic E-state index is 12.6. The average Bonchev–Trinajstić information content (AvgIpc) is 2.70. The van der Waals surface area contributed by atoms with Crippen LogP contribution in [0.3, 0.4) is 0 Å². The number of anilines is 2. The lowest BCUT2D eigenvalue weighted by molar-refractivity contribution is -0.383. The van der Waals surface area contributed by atoms with E-state index >= 15 is 0 Å². The first-order valence-electron chi connectivity index (χ1n) is 8.50. The van der Waals surface area contributed by atoms with Gasteiger partial charge in [0.1, 0.15) is 5.69 Å². The van der Waals surface area contributed by atoms with Gasteiger partial charge in [-0.05, 0) is 43.3 Å². The molecule has 0 atom stereocenters. The van der Waals surface area contributed by atoms with Crippen LogP contribution in [0.15, 0.2) is 77.7 Å². The number of nitrogens with zero attached hydrogens (tertiary/aromatic N) is 1. The molecular formula is C20H17N3O5S. The first-order chi connectivity index (χ1) is 13.8. The topological polar surface area (TPSA) is 118 Å². The van der Waals surface area contributed by atoms with Crippen molar-refractivity contribution < 1.29 is 18.1 Å². The van der Waals surface area contributed by atoms with Crippen molar-refractivity contribution in [2.75, 3.05) is 10.0 Å². The molecule has 0 unspecified atom stereocenters. The summed E-state index contributed by atoms with van der Waals surface area (Å²) in [6, 6.07) is 17.9. The number of para-hydroxylation sites is 2. The molecule has 3 aromatic rings. The van der Waals surface area contributed by atoms with Crippen LogP contribution in [0.5, 0.6) is 0 Å². The Hall–Kier alpha value is -3.72. The summed E-state index contributed by atoms with van der Waals surface area (Å²) in [5.74, 6) is -0.660. The number of nitrogens with one attached hydrogen (secondary N) is 2. The third-order valence-corrected chi connectivity index (χ3v) is 5.44. The normalized spacial score (nSPS) is 10.9. The molecule has 0 bridgehead atoms. The highest BCUT2D eigenvalue weighted by Crippen LogP contribution is 2.24. The number of hydrogen-bond acceptors (Lipinski definition) is 5. The Bertz CT molecular complexity index is 1170. The van der Waals surface area contributed by atoms with E-state index in [9.17, 15) is 23.3 Å². The van der Waals surface area contributed by atoms with E-state index in [1.807, 2.05) is 6.92 Å². The van der Waals surface area contributed by atoms with Crippen LogP contribution in [-0.2, 0) is 10.0 Å². The second-order valence-corrected chi connectivity index (χ2v) is 7.91. The van der Waals surface area contributed by atoms with Gasteiger partial charge in [-0.1, -0.05) is 35.9 Å². The van der Waals surface area contributed by atoms with Crippen molar-refractivity contribution >= 4 is 33.0 Å². The second kappa shape index (κ2) is 8.11. The zero-order valence-corrected chi connectivity index (χ0v) is 16.1. The molecule has 3 rings (SSSR count). The minimum Gasteiger partial charge on any atom is -0.316 e. The predicted octanol–water partition coefficient (Wildman–Crippen LogP) is 3.96. The van der Waals surface area contributed by atoms with Crippen molar-refractivity contribution in [3.8, 4) is 0 Å². The van der Waals surface area contributed by atoms with Gasteiger partial charge in [-0.3, -0.25) is 19.6 Å². The van der Waals surface area contributed by atoms with Crippen molar-refractivity contribution in [3.05, 3.63) is 94.0 Å². The highest BCUT2D eigenvalue weighted by molar-refractivity contribution is 7.92. The smallest absolute Gasteiger partial charge is 0.292 e. The minimum atomic E-state index is -3.91. The number of hydrogen-bond donors (Lipinski definition) is 2. The molecule has 0 aliphatic rings. The molecule has 0 heterocycles. The molecule has 3 aromatic carbocycles. The Morgan fingerprint density at radius 3 is 2.34 bits per heavy atom. The number of aryl methyl sites for hydroxylation is 1. The van der Waals surface area contributed by atoms with Crippen LogP contribution in [0.25, 0.3) is 0 Å². The standard InChI is InChI=1S/C20H17N3O5S/c1-14-9-11-16(12-10-14)22-29(27,28)17-6-4-5-15(13-17)20(24)21-18-7-2-3-8-19(18)23(25)26/h2-13,22H,1H3,(H,21,24). The number of rotatable bonds is 6. The molecule has 0 fully saturated rings. The van der Waals surface area contributed by atoms with E-state index in [2.05, 4.69) is 10.0 Å².